The number of aryl methyl sites for hydroxylation is 2. The van der Waals surface area contributed by atoms with Gasteiger partial charge < -0.3 is 20.4 Å². The van der Waals surface area contributed by atoms with Crippen molar-refractivity contribution in [2.75, 3.05) is 53.4 Å². The van der Waals surface area contributed by atoms with Gasteiger partial charge >= 0.3 is 0 Å². The number of hydrogen-bond donors (Lipinski definition) is 2. The van der Waals surface area contributed by atoms with E-state index in [-0.39, 0.29) is 24.0 Å². The molecule has 2 heterocycles. The van der Waals surface area contributed by atoms with Gasteiger partial charge in [0.1, 0.15) is 0 Å². The van der Waals surface area contributed by atoms with Crippen molar-refractivity contribution in [2.24, 2.45) is 4.99 Å². The predicted octanol–water partition coefficient (Wildman–Crippen LogP) is 2.80. The SMILES string of the molecule is CN=C(NCCCN1CCCN(C)CC1)NCc1ccccc1-n1nc(C)cc1C.I. The van der Waals surface area contributed by atoms with Crippen LogP contribution < -0.4 is 10.6 Å². The fourth-order valence-electron chi connectivity index (χ4n) is 3.97. The van der Waals surface area contributed by atoms with E-state index in [0.29, 0.717) is 6.54 Å². The topological polar surface area (TPSA) is 60.7 Å². The van der Waals surface area contributed by atoms with Crippen LogP contribution in [0.1, 0.15) is 29.8 Å². The van der Waals surface area contributed by atoms with Gasteiger partial charge in [-0.2, -0.15) is 5.10 Å². The summed E-state index contributed by atoms with van der Waals surface area (Å²) in [7, 11) is 4.04. The summed E-state index contributed by atoms with van der Waals surface area (Å²) >= 11 is 0. The summed E-state index contributed by atoms with van der Waals surface area (Å²) in [6, 6.07) is 10.5. The lowest BCUT2D eigenvalue weighted by Crippen LogP contribution is -2.39. The summed E-state index contributed by atoms with van der Waals surface area (Å²) in [5.41, 5.74) is 4.48. The second-order valence-corrected chi connectivity index (χ2v) is 8.17. The van der Waals surface area contributed by atoms with Crippen LogP contribution in [0.2, 0.25) is 0 Å². The van der Waals surface area contributed by atoms with Crippen molar-refractivity contribution in [3.8, 4) is 5.69 Å². The van der Waals surface area contributed by atoms with Crippen LogP contribution in [0, 0.1) is 13.8 Å². The summed E-state index contributed by atoms with van der Waals surface area (Å²) in [5, 5.41) is 11.6. The molecule has 0 unspecified atom stereocenters. The van der Waals surface area contributed by atoms with Gasteiger partial charge in [-0.3, -0.25) is 4.99 Å². The molecule has 2 N–H and O–H groups in total. The number of nitrogens with one attached hydrogen (secondary N) is 2. The minimum absolute atomic E-state index is 0. The number of aliphatic imine (C=N–C) groups is 1. The molecular formula is C23H38IN7. The Morgan fingerprint density at radius 2 is 1.90 bits per heavy atom. The molecule has 1 saturated heterocycles. The van der Waals surface area contributed by atoms with E-state index < -0.39 is 0 Å². The Kier molecular flexibility index (Phi) is 10.8. The number of benzene rings is 1. The van der Waals surface area contributed by atoms with Crippen LogP contribution in [0.3, 0.4) is 0 Å². The normalized spacial score (nSPS) is 15.9. The van der Waals surface area contributed by atoms with Crippen molar-refractivity contribution >= 4 is 29.9 Å². The van der Waals surface area contributed by atoms with E-state index in [9.17, 15) is 0 Å². The minimum atomic E-state index is 0. The predicted molar refractivity (Wildman–Crippen MR) is 140 cm³/mol. The molecule has 1 aliphatic rings. The molecule has 1 aromatic carbocycles. The number of rotatable bonds is 7. The number of likely N-dealkylation sites (N-methyl/N-ethyl adjacent to an activating group) is 1. The van der Waals surface area contributed by atoms with Crippen molar-refractivity contribution in [1.82, 2.24) is 30.2 Å². The molecule has 1 aromatic heterocycles. The van der Waals surface area contributed by atoms with Gasteiger partial charge in [0.15, 0.2) is 5.96 Å². The number of nitrogens with zero attached hydrogens (tertiary/aromatic N) is 5. The number of para-hydroxylation sites is 1. The highest BCUT2D eigenvalue weighted by atomic mass is 127. The zero-order valence-corrected chi connectivity index (χ0v) is 21.7. The van der Waals surface area contributed by atoms with Crippen molar-refractivity contribution in [1.29, 1.82) is 0 Å². The van der Waals surface area contributed by atoms with Gasteiger partial charge in [0, 0.05) is 38.9 Å². The molecule has 2 aromatic rings. The molecule has 0 amide bonds. The first kappa shape index (κ1) is 25.6. The van der Waals surface area contributed by atoms with E-state index in [0.717, 1.165) is 42.5 Å². The van der Waals surface area contributed by atoms with E-state index in [1.165, 1.54) is 38.2 Å². The van der Waals surface area contributed by atoms with Gasteiger partial charge in [0.25, 0.3) is 0 Å². The maximum Gasteiger partial charge on any atom is 0.191 e. The van der Waals surface area contributed by atoms with Crippen LogP contribution in [0.15, 0.2) is 35.3 Å². The molecule has 8 heteroatoms. The number of hydrogen-bond acceptors (Lipinski definition) is 4. The van der Waals surface area contributed by atoms with Crippen LogP contribution in [-0.2, 0) is 6.54 Å². The van der Waals surface area contributed by atoms with Gasteiger partial charge in [-0.05, 0) is 71.1 Å². The Morgan fingerprint density at radius 1 is 1.10 bits per heavy atom. The fraction of sp³-hybridized carbons (Fsp3) is 0.565. The van der Waals surface area contributed by atoms with Crippen LogP contribution in [0.5, 0.6) is 0 Å². The molecule has 172 valence electrons. The standard InChI is InChI=1S/C23H37N7.HI/c1-19-17-20(2)30(27-19)22-10-6-5-9-21(22)18-26-23(24-3)25-11-7-13-29-14-8-12-28(4)15-16-29;/h5-6,9-10,17H,7-8,11-16,18H2,1-4H3,(H2,24,25,26);1H. The third-order valence-corrected chi connectivity index (χ3v) is 5.65. The lowest BCUT2D eigenvalue weighted by atomic mass is 10.1. The molecule has 1 aliphatic heterocycles. The van der Waals surface area contributed by atoms with Crippen LogP contribution in [-0.4, -0.2) is 78.9 Å². The first-order valence-electron chi connectivity index (χ1n) is 11.0. The average Bonchev–Trinajstić information content (AvgIpc) is 2.94. The van der Waals surface area contributed by atoms with Crippen LogP contribution in [0.4, 0.5) is 0 Å². The maximum atomic E-state index is 4.64. The van der Waals surface area contributed by atoms with E-state index in [1.807, 2.05) is 18.7 Å². The fourth-order valence-corrected chi connectivity index (χ4v) is 3.97. The Bertz CT molecular complexity index is 833. The Hall–Kier alpha value is -1.65. The summed E-state index contributed by atoms with van der Waals surface area (Å²) in [5.74, 6) is 0.841. The maximum absolute atomic E-state index is 4.64. The molecule has 0 atom stereocenters. The molecule has 0 radical (unpaired) electrons. The lowest BCUT2D eigenvalue weighted by Gasteiger charge is -2.20. The Morgan fingerprint density at radius 3 is 2.65 bits per heavy atom. The summed E-state index contributed by atoms with van der Waals surface area (Å²) < 4.78 is 2.02. The number of guanidine groups is 1. The van der Waals surface area contributed by atoms with Gasteiger partial charge in [-0.25, -0.2) is 4.68 Å². The van der Waals surface area contributed by atoms with E-state index in [4.69, 9.17) is 0 Å². The molecule has 1 fully saturated rings. The van der Waals surface area contributed by atoms with Gasteiger partial charge in [-0.1, -0.05) is 18.2 Å². The van der Waals surface area contributed by atoms with Gasteiger partial charge in [0.05, 0.1) is 11.4 Å². The molecule has 3 rings (SSSR count). The molecule has 0 saturated carbocycles. The molecular weight excluding hydrogens is 501 g/mol. The average molecular weight is 540 g/mol. The summed E-state index contributed by atoms with van der Waals surface area (Å²) in [6.07, 6.45) is 2.38. The van der Waals surface area contributed by atoms with Crippen molar-refractivity contribution in [3.63, 3.8) is 0 Å². The largest absolute Gasteiger partial charge is 0.356 e. The van der Waals surface area contributed by atoms with Crippen LogP contribution in [0.25, 0.3) is 5.69 Å². The molecule has 0 spiro atoms. The zero-order chi connectivity index (χ0) is 21.3. The smallest absolute Gasteiger partial charge is 0.191 e. The summed E-state index contributed by atoms with van der Waals surface area (Å²) in [6.45, 7) is 11.6. The van der Waals surface area contributed by atoms with Crippen LogP contribution >= 0.6 is 24.0 Å². The van der Waals surface area contributed by atoms with E-state index in [1.54, 1.807) is 0 Å². The molecule has 0 aliphatic carbocycles. The first-order valence-corrected chi connectivity index (χ1v) is 11.0. The number of halogens is 1. The highest BCUT2D eigenvalue weighted by molar-refractivity contribution is 14.0. The van der Waals surface area contributed by atoms with E-state index in [2.05, 4.69) is 74.8 Å². The first-order chi connectivity index (χ1) is 14.6. The lowest BCUT2D eigenvalue weighted by molar-refractivity contribution is 0.274. The third kappa shape index (κ3) is 7.76. The van der Waals surface area contributed by atoms with Gasteiger partial charge in [-0.15, -0.1) is 24.0 Å². The Labute approximate surface area is 204 Å². The second-order valence-electron chi connectivity index (χ2n) is 8.17. The quantitative estimate of drug-likeness (QED) is 0.245. The molecule has 31 heavy (non-hydrogen) atoms. The monoisotopic (exact) mass is 539 g/mol. The van der Waals surface area contributed by atoms with Gasteiger partial charge in [0.2, 0.25) is 0 Å². The second kappa shape index (κ2) is 13.0. The highest BCUT2D eigenvalue weighted by Crippen LogP contribution is 2.16. The number of aromatic nitrogens is 2. The molecule has 0 bridgehead atoms. The highest BCUT2D eigenvalue weighted by Gasteiger charge is 2.12. The molecule has 7 nitrogen and oxygen atoms in total. The van der Waals surface area contributed by atoms with Crippen molar-refractivity contribution in [2.45, 2.75) is 33.2 Å². The zero-order valence-electron chi connectivity index (χ0n) is 19.4. The van der Waals surface area contributed by atoms with Crippen molar-refractivity contribution < 1.29 is 0 Å². The minimum Gasteiger partial charge on any atom is -0.356 e. The van der Waals surface area contributed by atoms with Crippen molar-refractivity contribution in [3.05, 3.63) is 47.3 Å². The Balaban J connectivity index is 0.00000341. The van der Waals surface area contributed by atoms with E-state index >= 15 is 0 Å². The third-order valence-electron chi connectivity index (χ3n) is 5.65. The summed E-state index contributed by atoms with van der Waals surface area (Å²) in [4.78, 5) is 9.39.